The molecule has 2 atom stereocenters. The molecule has 3 nitrogen and oxygen atoms in total. The van der Waals surface area contributed by atoms with Crippen molar-refractivity contribution >= 4 is 9.84 Å². The van der Waals surface area contributed by atoms with Gasteiger partial charge in [0.15, 0.2) is 9.84 Å². The van der Waals surface area contributed by atoms with Gasteiger partial charge in [0.1, 0.15) is 6.10 Å². The molecule has 1 aliphatic carbocycles. The fraction of sp³-hybridized carbons (Fsp3) is 0.833. The molecular formula is C12H20O3S. The highest BCUT2D eigenvalue weighted by atomic mass is 32.2. The van der Waals surface area contributed by atoms with E-state index in [1.807, 2.05) is 13.2 Å². The van der Waals surface area contributed by atoms with E-state index in [0.717, 1.165) is 25.7 Å². The second kappa shape index (κ2) is 4.78. The van der Waals surface area contributed by atoms with Crippen molar-refractivity contribution in [2.45, 2.75) is 56.8 Å². The molecule has 1 aliphatic heterocycles. The maximum Gasteiger partial charge on any atom is 0.156 e. The van der Waals surface area contributed by atoms with E-state index in [0.29, 0.717) is 5.75 Å². The number of sulfone groups is 1. The lowest BCUT2D eigenvalue weighted by molar-refractivity contribution is 0.152. The summed E-state index contributed by atoms with van der Waals surface area (Å²) in [6, 6.07) is 0. The summed E-state index contributed by atoms with van der Waals surface area (Å²) in [5.41, 5.74) is 1.34. The van der Waals surface area contributed by atoms with Gasteiger partial charge in [-0.15, -0.1) is 0 Å². The minimum Gasteiger partial charge on any atom is -0.497 e. The quantitative estimate of drug-likeness (QED) is 0.716. The molecule has 0 aromatic carbocycles. The monoisotopic (exact) mass is 244 g/mol. The Morgan fingerprint density at radius 2 is 2.00 bits per heavy atom. The summed E-state index contributed by atoms with van der Waals surface area (Å²) in [5.74, 6) is 0.335. The predicted molar refractivity (Wildman–Crippen MR) is 63.9 cm³/mol. The third kappa shape index (κ3) is 2.59. The van der Waals surface area contributed by atoms with E-state index >= 15 is 0 Å². The van der Waals surface area contributed by atoms with Crippen LogP contribution in [0.25, 0.3) is 0 Å². The first-order valence-corrected chi connectivity index (χ1v) is 7.86. The maximum absolute atomic E-state index is 11.7. The van der Waals surface area contributed by atoms with Crippen LogP contribution in [-0.4, -0.2) is 25.5 Å². The van der Waals surface area contributed by atoms with Crippen LogP contribution in [0.1, 0.15) is 45.4 Å². The van der Waals surface area contributed by atoms with Crippen LogP contribution < -0.4 is 0 Å². The molecular weight excluding hydrogens is 224 g/mol. The van der Waals surface area contributed by atoms with E-state index in [9.17, 15) is 8.42 Å². The molecule has 0 N–H and O–H groups in total. The summed E-state index contributed by atoms with van der Waals surface area (Å²) in [6.07, 6.45) is 7.88. The van der Waals surface area contributed by atoms with Gasteiger partial charge in [0.25, 0.3) is 0 Å². The standard InChI is InChI=1S/C12H20O3S/c1-10(12-7-4-8-16(12,13)14)15-9-11-5-2-3-6-11/h9-10,12H,2-8H2,1H3. The molecule has 2 fully saturated rings. The minimum absolute atomic E-state index is 0.194. The Hall–Kier alpha value is -0.510. The SMILES string of the molecule is CC(OC=C1CCCC1)C1CCCS1(=O)=O. The van der Waals surface area contributed by atoms with Crippen molar-refractivity contribution in [1.82, 2.24) is 0 Å². The first kappa shape index (κ1) is 12.0. The lowest BCUT2D eigenvalue weighted by Gasteiger charge is -2.18. The second-order valence-electron chi connectivity index (χ2n) is 4.87. The smallest absolute Gasteiger partial charge is 0.156 e. The first-order chi connectivity index (χ1) is 7.59. The van der Waals surface area contributed by atoms with Crippen LogP contribution in [0.5, 0.6) is 0 Å². The molecule has 1 heterocycles. The van der Waals surface area contributed by atoms with E-state index in [-0.39, 0.29) is 11.4 Å². The van der Waals surface area contributed by atoms with Crippen LogP contribution in [-0.2, 0) is 14.6 Å². The lowest BCUT2D eigenvalue weighted by Crippen LogP contribution is -2.29. The first-order valence-electron chi connectivity index (χ1n) is 6.14. The van der Waals surface area contributed by atoms with Crippen LogP contribution in [0.4, 0.5) is 0 Å². The Kier molecular flexibility index (Phi) is 3.57. The highest BCUT2D eigenvalue weighted by molar-refractivity contribution is 7.92. The molecule has 0 radical (unpaired) electrons. The van der Waals surface area contributed by atoms with E-state index in [1.165, 1.54) is 18.4 Å². The topological polar surface area (TPSA) is 43.4 Å². The minimum atomic E-state index is -2.89. The summed E-state index contributed by atoms with van der Waals surface area (Å²) < 4.78 is 29.0. The Bertz CT molecular complexity index is 362. The van der Waals surface area contributed by atoms with Crippen LogP contribution in [0.15, 0.2) is 11.8 Å². The van der Waals surface area contributed by atoms with E-state index in [2.05, 4.69) is 0 Å². The molecule has 16 heavy (non-hydrogen) atoms. The molecule has 0 bridgehead atoms. The third-order valence-corrected chi connectivity index (χ3v) is 6.00. The Labute approximate surface area is 97.8 Å². The highest BCUT2D eigenvalue weighted by Gasteiger charge is 2.36. The van der Waals surface area contributed by atoms with Gasteiger partial charge in [-0.2, -0.15) is 0 Å². The lowest BCUT2D eigenvalue weighted by atomic mass is 10.2. The fourth-order valence-electron chi connectivity index (χ4n) is 2.58. The van der Waals surface area contributed by atoms with E-state index < -0.39 is 9.84 Å². The van der Waals surface area contributed by atoms with Gasteiger partial charge in [-0.05, 0) is 51.0 Å². The summed E-state index contributed by atoms with van der Waals surface area (Å²) in [4.78, 5) is 0. The largest absolute Gasteiger partial charge is 0.497 e. The van der Waals surface area contributed by atoms with Gasteiger partial charge in [0.05, 0.1) is 17.3 Å². The summed E-state index contributed by atoms with van der Waals surface area (Å²) in [6.45, 7) is 1.87. The summed E-state index contributed by atoms with van der Waals surface area (Å²) in [7, 11) is -2.89. The van der Waals surface area contributed by atoms with Gasteiger partial charge in [-0.1, -0.05) is 0 Å². The van der Waals surface area contributed by atoms with Crippen LogP contribution in [0, 0.1) is 0 Å². The number of hydrogen-bond donors (Lipinski definition) is 0. The van der Waals surface area contributed by atoms with Crippen molar-refractivity contribution in [1.29, 1.82) is 0 Å². The molecule has 1 saturated heterocycles. The van der Waals surface area contributed by atoms with Crippen LogP contribution in [0.2, 0.25) is 0 Å². The number of ether oxygens (including phenoxy) is 1. The third-order valence-electron chi connectivity index (χ3n) is 3.60. The zero-order valence-corrected chi connectivity index (χ0v) is 10.6. The zero-order chi connectivity index (χ0) is 11.6. The van der Waals surface area contributed by atoms with Crippen LogP contribution in [0.3, 0.4) is 0 Å². The molecule has 1 saturated carbocycles. The normalized spacial score (nSPS) is 30.3. The van der Waals surface area contributed by atoms with Crippen molar-refractivity contribution in [2.24, 2.45) is 0 Å². The molecule has 4 heteroatoms. The van der Waals surface area contributed by atoms with Gasteiger partial charge < -0.3 is 4.74 Å². The highest BCUT2D eigenvalue weighted by Crippen LogP contribution is 2.27. The molecule has 2 unspecified atom stereocenters. The average Bonchev–Trinajstić information content (AvgIpc) is 2.83. The molecule has 2 rings (SSSR count). The average molecular weight is 244 g/mol. The van der Waals surface area contributed by atoms with Crippen molar-refractivity contribution in [3.8, 4) is 0 Å². The fourth-order valence-corrected chi connectivity index (χ4v) is 4.63. The van der Waals surface area contributed by atoms with Gasteiger partial charge in [-0.3, -0.25) is 0 Å². The summed E-state index contributed by atoms with van der Waals surface area (Å²) >= 11 is 0. The van der Waals surface area contributed by atoms with Gasteiger partial charge in [-0.25, -0.2) is 8.42 Å². The Morgan fingerprint density at radius 1 is 1.31 bits per heavy atom. The van der Waals surface area contributed by atoms with Crippen molar-refractivity contribution in [2.75, 3.05) is 5.75 Å². The molecule has 2 aliphatic rings. The summed E-state index contributed by atoms with van der Waals surface area (Å²) in [5, 5.41) is -0.286. The number of rotatable bonds is 3. The number of allylic oxidation sites excluding steroid dienone is 1. The Balaban J connectivity index is 1.92. The van der Waals surface area contributed by atoms with Gasteiger partial charge in [0.2, 0.25) is 0 Å². The molecule has 92 valence electrons. The number of hydrogen-bond acceptors (Lipinski definition) is 3. The van der Waals surface area contributed by atoms with Crippen LogP contribution >= 0.6 is 0 Å². The maximum atomic E-state index is 11.7. The molecule has 0 aromatic rings. The van der Waals surface area contributed by atoms with E-state index in [1.54, 1.807) is 0 Å². The van der Waals surface area contributed by atoms with Crippen molar-refractivity contribution < 1.29 is 13.2 Å². The predicted octanol–water partition coefficient (Wildman–Crippen LogP) is 2.43. The molecule has 0 amide bonds. The Morgan fingerprint density at radius 3 is 2.56 bits per heavy atom. The van der Waals surface area contributed by atoms with Gasteiger partial charge in [0, 0.05) is 0 Å². The zero-order valence-electron chi connectivity index (χ0n) is 9.81. The van der Waals surface area contributed by atoms with Crippen molar-refractivity contribution in [3.63, 3.8) is 0 Å². The molecule has 0 aromatic heterocycles. The second-order valence-corrected chi connectivity index (χ2v) is 7.21. The van der Waals surface area contributed by atoms with Crippen molar-refractivity contribution in [3.05, 3.63) is 11.8 Å². The molecule has 0 spiro atoms. The van der Waals surface area contributed by atoms with Gasteiger partial charge >= 0.3 is 0 Å². The van der Waals surface area contributed by atoms with E-state index in [4.69, 9.17) is 4.74 Å².